The zero-order chi connectivity index (χ0) is 19.4. The van der Waals surface area contributed by atoms with Gasteiger partial charge in [0.2, 0.25) is 11.8 Å². The molecule has 0 bridgehead atoms. The fraction of sp³-hybridized carbons (Fsp3) is 0.550. The van der Waals surface area contributed by atoms with Gasteiger partial charge in [0, 0.05) is 31.7 Å². The van der Waals surface area contributed by atoms with E-state index in [-0.39, 0.29) is 29.8 Å². The monoisotopic (exact) mass is 372 g/mol. The molecule has 2 unspecified atom stereocenters. The molecule has 2 fully saturated rings. The van der Waals surface area contributed by atoms with E-state index in [4.69, 9.17) is 0 Å². The first-order valence-electron chi connectivity index (χ1n) is 9.65. The molecule has 1 aliphatic heterocycles. The van der Waals surface area contributed by atoms with E-state index in [0.29, 0.717) is 24.8 Å². The number of benzene rings is 1. The number of likely N-dealkylation sites (tertiary alicyclic amines) is 1. The Morgan fingerprint density at radius 2 is 1.96 bits per heavy atom. The Kier molecular flexibility index (Phi) is 5.98. The van der Waals surface area contributed by atoms with Crippen LogP contribution in [0.25, 0.3) is 0 Å². The summed E-state index contributed by atoms with van der Waals surface area (Å²) in [5.74, 6) is -0.178. The largest absolute Gasteiger partial charge is 0.353 e. The summed E-state index contributed by atoms with van der Waals surface area (Å²) in [6.45, 7) is 4.50. The van der Waals surface area contributed by atoms with Crippen molar-refractivity contribution in [2.24, 2.45) is 5.92 Å². The van der Waals surface area contributed by atoms with Crippen molar-refractivity contribution in [3.63, 3.8) is 0 Å². The number of carbonyl (C=O) groups excluding carboxylic acids is 3. The van der Waals surface area contributed by atoms with Crippen LogP contribution in [0, 0.1) is 5.92 Å². The van der Waals surface area contributed by atoms with Gasteiger partial charge in [0.15, 0.2) is 0 Å². The van der Waals surface area contributed by atoms with E-state index < -0.39 is 0 Å². The van der Waals surface area contributed by atoms with Gasteiger partial charge in [0.05, 0.1) is 12.0 Å². The highest BCUT2D eigenvalue weighted by atomic mass is 16.2. The van der Waals surface area contributed by atoms with E-state index >= 15 is 0 Å². The van der Waals surface area contributed by atoms with Gasteiger partial charge in [-0.15, -0.1) is 0 Å². The molecule has 0 radical (unpaired) electrons. The van der Waals surface area contributed by atoms with Gasteiger partial charge in [-0.1, -0.05) is 12.1 Å². The molecule has 1 saturated heterocycles. The lowest BCUT2D eigenvalue weighted by molar-refractivity contribution is -0.126. The first-order chi connectivity index (χ1) is 12.9. The van der Waals surface area contributed by atoms with E-state index in [0.717, 1.165) is 31.2 Å². The Hall–Kier alpha value is -2.57. The van der Waals surface area contributed by atoms with Crippen LogP contribution in [0.1, 0.15) is 51.1 Å². The topological polar surface area (TPSA) is 90.5 Å². The predicted octanol–water partition coefficient (Wildman–Crippen LogP) is 2.41. The molecule has 1 aromatic rings. The SMILES string of the molecule is CC(=O)Nc1cccc(C(C)NC(=O)N2CCCC(C(=O)NC3CC3)C2)c1. The van der Waals surface area contributed by atoms with Gasteiger partial charge in [-0.05, 0) is 50.3 Å². The lowest BCUT2D eigenvalue weighted by Crippen LogP contribution is -2.49. The second-order valence-electron chi connectivity index (χ2n) is 7.55. The van der Waals surface area contributed by atoms with Crippen LogP contribution >= 0.6 is 0 Å². The number of hydrogen-bond acceptors (Lipinski definition) is 3. The van der Waals surface area contributed by atoms with Crippen LogP contribution in [-0.4, -0.2) is 41.9 Å². The van der Waals surface area contributed by atoms with Crippen molar-refractivity contribution in [2.45, 2.75) is 51.6 Å². The second-order valence-corrected chi connectivity index (χ2v) is 7.55. The summed E-state index contributed by atoms with van der Waals surface area (Å²) in [6.07, 6.45) is 3.80. The summed E-state index contributed by atoms with van der Waals surface area (Å²) in [7, 11) is 0. The van der Waals surface area contributed by atoms with E-state index in [1.807, 2.05) is 31.2 Å². The molecular formula is C20H28N4O3. The minimum absolute atomic E-state index is 0.0751. The van der Waals surface area contributed by atoms with Crippen LogP contribution in [0.5, 0.6) is 0 Å². The van der Waals surface area contributed by atoms with E-state index in [1.54, 1.807) is 4.90 Å². The van der Waals surface area contributed by atoms with Crippen LogP contribution in [0.15, 0.2) is 24.3 Å². The molecule has 1 aliphatic carbocycles. The number of piperidine rings is 1. The number of carbonyl (C=O) groups is 3. The quantitative estimate of drug-likeness (QED) is 0.741. The van der Waals surface area contributed by atoms with Crippen LogP contribution in [-0.2, 0) is 9.59 Å². The molecule has 4 amide bonds. The standard InChI is InChI=1S/C20H28N4O3/c1-13(15-5-3-7-18(11-15)22-14(2)25)21-20(27)24-10-4-6-16(12-24)19(26)23-17-8-9-17/h3,5,7,11,13,16-17H,4,6,8-10,12H2,1-2H3,(H,21,27)(H,22,25)(H,23,26). The smallest absolute Gasteiger partial charge is 0.317 e. The fourth-order valence-corrected chi connectivity index (χ4v) is 3.37. The zero-order valence-corrected chi connectivity index (χ0v) is 16.0. The van der Waals surface area contributed by atoms with Crippen molar-refractivity contribution in [3.8, 4) is 0 Å². The van der Waals surface area contributed by atoms with Gasteiger partial charge in [-0.25, -0.2) is 4.79 Å². The third-order valence-corrected chi connectivity index (χ3v) is 5.05. The van der Waals surface area contributed by atoms with Crippen molar-refractivity contribution in [2.75, 3.05) is 18.4 Å². The molecule has 1 aromatic carbocycles. The molecule has 3 N–H and O–H groups in total. The highest BCUT2D eigenvalue weighted by Gasteiger charge is 2.32. The van der Waals surface area contributed by atoms with Crippen LogP contribution in [0.2, 0.25) is 0 Å². The van der Waals surface area contributed by atoms with Crippen molar-refractivity contribution < 1.29 is 14.4 Å². The Balaban J connectivity index is 1.55. The molecule has 0 spiro atoms. The molecule has 0 aromatic heterocycles. The Labute approximate surface area is 159 Å². The van der Waals surface area contributed by atoms with Gasteiger partial charge in [-0.3, -0.25) is 9.59 Å². The first kappa shape index (κ1) is 19.2. The van der Waals surface area contributed by atoms with Crippen molar-refractivity contribution in [3.05, 3.63) is 29.8 Å². The maximum Gasteiger partial charge on any atom is 0.317 e. The minimum Gasteiger partial charge on any atom is -0.353 e. The van der Waals surface area contributed by atoms with Gasteiger partial charge in [0.25, 0.3) is 0 Å². The maximum atomic E-state index is 12.7. The van der Waals surface area contributed by atoms with Gasteiger partial charge in [0.1, 0.15) is 0 Å². The highest BCUT2D eigenvalue weighted by Crippen LogP contribution is 2.23. The molecule has 2 atom stereocenters. The summed E-state index contributed by atoms with van der Waals surface area (Å²) in [5.41, 5.74) is 1.62. The number of anilines is 1. The number of rotatable bonds is 5. The summed E-state index contributed by atoms with van der Waals surface area (Å²) in [6, 6.07) is 7.42. The summed E-state index contributed by atoms with van der Waals surface area (Å²) in [5, 5.41) is 8.79. The number of urea groups is 1. The normalized spacial score (nSPS) is 20.5. The summed E-state index contributed by atoms with van der Waals surface area (Å²) in [4.78, 5) is 37.9. The number of hydrogen-bond donors (Lipinski definition) is 3. The number of amides is 4. The third-order valence-electron chi connectivity index (χ3n) is 5.05. The first-order valence-corrected chi connectivity index (χ1v) is 9.65. The Bertz CT molecular complexity index is 717. The molecule has 1 saturated carbocycles. The summed E-state index contributed by atoms with van der Waals surface area (Å²) < 4.78 is 0. The van der Waals surface area contributed by atoms with E-state index in [9.17, 15) is 14.4 Å². The Morgan fingerprint density at radius 3 is 2.67 bits per heavy atom. The minimum atomic E-state index is -0.202. The lowest BCUT2D eigenvalue weighted by Gasteiger charge is -2.33. The molecule has 7 nitrogen and oxygen atoms in total. The van der Waals surface area contributed by atoms with Gasteiger partial charge >= 0.3 is 6.03 Å². The van der Waals surface area contributed by atoms with Gasteiger partial charge < -0.3 is 20.9 Å². The molecular weight excluding hydrogens is 344 g/mol. The van der Waals surface area contributed by atoms with Crippen LogP contribution in [0.3, 0.4) is 0 Å². The van der Waals surface area contributed by atoms with E-state index in [1.165, 1.54) is 6.92 Å². The van der Waals surface area contributed by atoms with Gasteiger partial charge in [-0.2, -0.15) is 0 Å². The van der Waals surface area contributed by atoms with Crippen molar-refractivity contribution in [1.82, 2.24) is 15.5 Å². The summed E-state index contributed by atoms with van der Waals surface area (Å²) >= 11 is 0. The molecule has 146 valence electrons. The molecule has 7 heteroatoms. The van der Waals surface area contributed by atoms with Crippen molar-refractivity contribution >= 4 is 23.5 Å². The average Bonchev–Trinajstić information content (AvgIpc) is 3.45. The van der Waals surface area contributed by atoms with Crippen LogP contribution < -0.4 is 16.0 Å². The predicted molar refractivity (Wildman–Crippen MR) is 103 cm³/mol. The third kappa shape index (κ3) is 5.45. The lowest BCUT2D eigenvalue weighted by atomic mass is 9.97. The average molecular weight is 372 g/mol. The maximum absolute atomic E-state index is 12.7. The number of nitrogens with one attached hydrogen (secondary N) is 3. The molecule has 3 rings (SSSR count). The zero-order valence-electron chi connectivity index (χ0n) is 16.0. The number of nitrogens with zero attached hydrogens (tertiary/aromatic N) is 1. The van der Waals surface area contributed by atoms with Crippen LogP contribution in [0.4, 0.5) is 10.5 Å². The fourth-order valence-electron chi connectivity index (χ4n) is 3.37. The van der Waals surface area contributed by atoms with Crippen molar-refractivity contribution in [1.29, 1.82) is 0 Å². The molecule has 1 heterocycles. The Morgan fingerprint density at radius 1 is 1.19 bits per heavy atom. The molecule has 2 aliphatic rings. The van der Waals surface area contributed by atoms with E-state index in [2.05, 4.69) is 16.0 Å². The molecule has 27 heavy (non-hydrogen) atoms. The highest BCUT2D eigenvalue weighted by molar-refractivity contribution is 5.88. The second kappa shape index (κ2) is 8.41.